The third kappa shape index (κ3) is 3.16. The molecule has 2 aromatic rings. The number of hydrogen-bond donors (Lipinski definition) is 0. The lowest BCUT2D eigenvalue weighted by molar-refractivity contribution is 0.00882. The predicted octanol–water partition coefficient (Wildman–Crippen LogP) is 2.45. The summed E-state index contributed by atoms with van der Waals surface area (Å²) in [4.78, 5) is 15.1. The van der Waals surface area contributed by atoms with Crippen molar-refractivity contribution in [2.24, 2.45) is 5.41 Å². The lowest BCUT2D eigenvalue weighted by Crippen LogP contribution is -2.37. The van der Waals surface area contributed by atoms with E-state index < -0.39 is 0 Å². The van der Waals surface area contributed by atoms with Gasteiger partial charge in [-0.1, -0.05) is 13.8 Å². The summed E-state index contributed by atoms with van der Waals surface area (Å²) in [5.74, 6) is 1.56. The van der Waals surface area contributed by atoms with Gasteiger partial charge >= 0.3 is 0 Å². The van der Waals surface area contributed by atoms with Crippen molar-refractivity contribution in [3.8, 4) is 0 Å². The van der Waals surface area contributed by atoms with Gasteiger partial charge in [0, 0.05) is 50.4 Å². The quantitative estimate of drug-likeness (QED) is 0.818. The van der Waals surface area contributed by atoms with Crippen LogP contribution >= 0.6 is 0 Å². The summed E-state index contributed by atoms with van der Waals surface area (Å²) in [5, 5.41) is 12.8. The smallest absolute Gasteiger partial charge is 0.272 e. The number of likely N-dealkylation sites (tertiary alicyclic amines) is 1. The average molecular weight is 373 g/mol. The molecule has 2 fully saturated rings. The molecular weight excluding hydrogens is 346 g/mol. The van der Waals surface area contributed by atoms with Gasteiger partial charge < -0.3 is 14.1 Å². The Morgan fingerprint density at radius 1 is 1.33 bits per heavy atom. The number of carbonyl (C=O) groups is 1. The highest BCUT2D eigenvalue weighted by molar-refractivity contribution is 5.92. The van der Waals surface area contributed by atoms with Crippen LogP contribution in [-0.4, -0.2) is 57.1 Å². The summed E-state index contributed by atoms with van der Waals surface area (Å²) in [6.07, 6.45) is 3.48. The minimum atomic E-state index is -0.0637. The molecule has 4 rings (SSSR count). The fraction of sp³-hybridized carbons (Fsp3) is 0.684. The second-order valence-corrected chi connectivity index (χ2v) is 7.88. The number of amides is 1. The summed E-state index contributed by atoms with van der Waals surface area (Å²) in [6, 6.07) is 1.79. The van der Waals surface area contributed by atoms with Crippen LogP contribution in [0, 0.1) is 5.41 Å². The molecule has 0 bridgehead atoms. The Labute approximate surface area is 158 Å². The first-order valence-electron chi connectivity index (χ1n) is 9.76. The standard InChI is InChI=1S/C19H27N5O3/c1-4-24-15(5-8-20-24)18(25)23-11-14(17-22-21-16(27-17)13(2)3)19(12-23)6-9-26-10-7-19/h5,8,13-14H,4,6-7,9-12H2,1-3H3. The number of rotatable bonds is 4. The summed E-state index contributed by atoms with van der Waals surface area (Å²) in [7, 11) is 0. The van der Waals surface area contributed by atoms with Gasteiger partial charge in [-0.3, -0.25) is 9.48 Å². The van der Waals surface area contributed by atoms with Gasteiger partial charge in [-0.05, 0) is 25.8 Å². The van der Waals surface area contributed by atoms with E-state index in [1.807, 2.05) is 25.7 Å². The SMILES string of the molecule is CCn1nccc1C(=O)N1CC(c2nnc(C(C)C)o2)C2(CCOCC2)C1. The zero-order valence-corrected chi connectivity index (χ0v) is 16.2. The van der Waals surface area contributed by atoms with Crippen molar-refractivity contribution in [1.82, 2.24) is 24.9 Å². The van der Waals surface area contributed by atoms with Gasteiger partial charge in [0.15, 0.2) is 0 Å². The van der Waals surface area contributed by atoms with E-state index >= 15 is 0 Å². The van der Waals surface area contributed by atoms with Crippen LogP contribution in [0.25, 0.3) is 0 Å². The molecule has 146 valence electrons. The molecule has 4 heterocycles. The van der Waals surface area contributed by atoms with Crippen LogP contribution in [0.5, 0.6) is 0 Å². The van der Waals surface area contributed by atoms with E-state index in [1.165, 1.54) is 0 Å². The third-order valence-corrected chi connectivity index (χ3v) is 5.91. The topological polar surface area (TPSA) is 86.3 Å². The fourth-order valence-electron chi connectivity index (χ4n) is 4.30. The van der Waals surface area contributed by atoms with E-state index in [-0.39, 0.29) is 23.2 Å². The molecule has 1 atom stereocenters. The Balaban J connectivity index is 1.64. The Morgan fingerprint density at radius 3 is 2.78 bits per heavy atom. The maximum absolute atomic E-state index is 13.2. The maximum atomic E-state index is 13.2. The Kier molecular flexibility index (Phi) is 4.75. The molecule has 2 saturated heterocycles. The second kappa shape index (κ2) is 7.07. The van der Waals surface area contributed by atoms with E-state index in [0.717, 1.165) is 12.8 Å². The predicted molar refractivity (Wildman–Crippen MR) is 97.4 cm³/mol. The second-order valence-electron chi connectivity index (χ2n) is 7.88. The van der Waals surface area contributed by atoms with Crippen molar-refractivity contribution in [3.05, 3.63) is 29.7 Å². The molecule has 0 radical (unpaired) electrons. The van der Waals surface area contributed by atoms with E-state index in [0.29, 0.717) is 50.3 Å². The maximum Gasteiger partial charge on any atom is 0.272 e. The molecule has 1 spiro atoms. The Hall–Kier alpha value is -2.22. The minimum absolute atomic E-state index is 0.0197. The van der Waals surface area contributed by atoms with Crippen LogP contribution in [0.3, 0.4) is 0 Å². The lowest BCUT2D eigenvalue weighted by Gasteiger charge is -2.36. The van der Waals surface area contributed by atoms with E-state index in [2.05, 4.69) is 15.3 Å². The number of carbonyl (C=O) groups excluding carboxylic acids is 1. The van der Waals surface area contributed by atoms with Crippen LogP contribution in [0.4, 0.5) is 0 Å². The third-order valence-electron chi connectivity index (χ3n) is 5.91. The van der Waals surface area contributed by atoms with Crippen LogP contribution in [0.1, 0.15) is 67.7 Å². The number of hydrogen-bond acceptors (Lipinski definition) is 6. The van der Waals surface area contributed by atoms with Crippen molar-refractivity contribution < 1.29 is 13.9 Å². The molecule has 8 heteroatoms. The highest BCUT2D eigenvalue weighted by Crippen LogP contribution is 2.49. The first kappa shape index (κ1) is 18.2. The van der Waals surface area contributed by atoms with Gasteiger partial charge in [-0.15, -0.1) is 10.2 Å². The van der Waals surface area contributed by atoms with Crippen molar-refractivity contribution >= 4 is 5.91 Å². The van der Waals surface area contributed by atoms with Gasteiger partial charge in [0.25, 0.3) is 5.91 Å². The summed E-state index contributed by atoms with van der Waals surface area (Å²) < 4.78 is 13.4. The van der Waals surface area contributed by atoms with E-state index in [4.69, 9.17) is 9.15 Å². The molecule has 0 N–H and O–H groups in total. The number of ether oxygens (including phenoxy) is 1. The number of aryl methyl sites for hydroxylation is 1. The van der Waals surface area contributed by atoms with Crippen molar-refractivity contribution in [2.45, 2.75) is 52.0 Å². The molecule has 1 unspecified atom stereocenters. The van der Waals surface area contributed by atoms with Crippen molar-refractivity contribution in [2.75, 3.05) is 26.3 Å². The van der Waals surface area contributed by atoms with Gasteiger partial charge in [0.1, 0.15) is 5.69 Å². The molecule has 27 heavy (non-hydrogen) atoms. The first-order chi connectivity index (χ1) is 13.0. The molecule has 2 aliphatic rings. The van der Waals surface area contributed by atoms with E-state index in [1.54, 1.807) is 16.9 Å². The van der Waals surface area contributed by atoms with Crippen LogP contribution < -0.4 is 0 Å². The molecule has 0 saturated carbocycles. The normalized spacial score (nSPS) is 22.1. The lowest BCUT2D eigenvalue weighted by atomic mass is 9.72. The molecule has 0 aromatic carbocycles. The first-order valence-corrected chi connectivity index (χ1v) is 9.76. The summed E-state index contributed by atoms with van der Waals surface area (Å²) in [5.41, 5.74) is 0.569. The molecule has 0 aliphatic carbocycles. The molecular formula is C19H27N5O3. The molecule has 2 aliphatic heterocycles. The molecule has 8 nitrogen and oxygen atoms in total. The van der Waals surface area contributed by atoms with Gasteiger partial charge in [0.05, 0.1) is 5.92 Å². The van der Waals surface area contributed by atoms with Crippen LogP contribution in [0.2, 0.25) is 0 Å². The Morgan fingerprint density at radius 2 is 2.11 bits per heavy atom. The zero-order valence-electron chi connectivity index (χ0n) is 16.2. The fourth-order valence-corrected chi connectivity index (χ4v) is 4.30. The largest absolute Gasteiger partial charge is 0.425 e. The number of aromatic nitrogens is 4. The monoisotopic (exact) mass is 373 g/mol. The highest BCUT2D eigenvalue weighted by atomic mass is 16.5. The summed E-state index contributed by atoms with van der Waals surface area (Å²) in [6.45, 7) is 9.43. The van der Waals surface area contributed by atoms with Crippen molar-refractivity contribution in [3.63, 3.8) is 0 Å². The Bertz CT molecular complexity index is 806. The van der Waals surface area contributed by atoms with Crippen LogP contribution in [0.15, 0.2) is 16.7 Å². The molecule has 1 amide bonds. The average Bonchev–Trinajstić information content (AvgIpc) is 3.40. The van der Waals surface area contributed by atoms with Gasteiger partial charge in [-0.2, -0.15) is 5.10 Å². The van der Waals surface area contributed by atoms with Crippen LogP contribution in [-0.2, 0) is 11.3 Å². The molecule has 2 aromatic heterocycles. The van der Waals surface area contributed by atoms with Crippen molar-refractivity contribution in [1.29, 1.82) is 0 Å². The summed E-state index contributed by atoms with van der Waals surface area (Å²) >= 11 is 0. The number of nitrogens with zero attached hydrogens (tertiary/aromatic N) is 5. The van der Waals surface area contributed by atoms with Gasteiger partial charge in [0.2, 0.25) is 11.8 Å². The highest BCUT2D eigenvalue weighted by Gasteiger charge is 2.51. The van der Waals surface area contributed by atoms with E-state index in [9.17, 15) is 4.79 Å². The van der Waals surface area contributed by atoms with Gasteiger partial charge in [-0.25, -0.2) is 0 Å². The zero-order chi connectivity index (χ0) is 19.0. The minimum Gasteiger partial charge on any atom is -0.425 e.